The highest BCUT2D eigenvalue weighted by atomic mass is 16.5. The molecular weight excluding hydrogens is 420 g/mol. The first-order chi connectivity index (χ1) is 15.8. The summed E-state index contributed by atoms with van der Waals surface area (Å²) >= 11 is 0. The molecule has 2 aromatic carbocycles. The summed E-state index contributed by atoms with van der Waals surface area (Å²) in [6.45, 7) is 3.73. The normalized spacial score (nSPS) is 15.5. The molecule has 0 spiro atoms. The van der Waals surface area contributed by atoms with Crippen LogP contribution in [0.25, 0.3) is 11.1 Å². The van der Waals surface area contributed by atoms with Gasteiger partial charge in [0.2, 0.25) is 5.91 Å². The highest BCUT2D eigenvalue weighted by Crippen LogP contribution is 2.44. The second kappa shape index (κ2) is 9.65. The quantitative estimate of drug-likeness (QED) is 0.602. The summed E-state index contributed by atoms with van der Waals surface area (Å²) in [4.78, 5) is 38.0. The van der Waals surface area contributed by atoms with Gasteiger partial charge in [0.05, 0.1) is 0 Å². The van der Waals surface area contributed by atoms with Crippen molar-refractivity contribution in [3.63, 3.8) is 0 Å². The molecule has 0 saturated heterocycles. The predicted molar refractivity (Wildman–Crippen MR) is 124 cm³/mol. The van der Waals surface area contributed by atoms with Crippen LogP contribution in [0.5, 0.6) is 0 Å². The SMILES string of the molecule is CC(C)[C@H](CC(=O)N(CC(=O)O)C1CC1)NC(=O)OCC1c2ccccc2-c2ccccc21. The second-order valence-electron chi connectivity index (χ2n) is 9.17. The zero-order chi connectivity index (χ0) is 23.5. The van der Waals surface area contributed by atoms with Gasteiger partial charge >= 0.3 is 12.1 Å². The van der Waals surface area contributed by atoms with Gasteiger partial charge in [-0.3, -0.25) is 9.59 Å². The summed E-state index contributed by atoms with van der Waals surface area (Å²) in [6.07, 6.45) is 1.13. The van der Waals surface area contributed by atoms with Crippen molar-refractivity contribution in [1.82, 2.24) is 10.2 Å². The van der Waals surface area contributed by atoms with E-state index < -0.39 is 18.1 Å². The van der Waals surface area contributed by atoms with E-state index in [0.717, 1.165) is 35.1 Å². The molecule has 2 aliphatic rings. The molecule has 7 heteroatoms. The van der Waals surface area contributed by atoms with Crippen LogP contribution in [0.2, 0.25) is 0 Å². The number of hydrogen-bond donors (Lipinski definition) is 2. The van der Waals surface area contributed by atoms with Crippen LogP contribution in [0.15, 0.2) is 48.5 Å². The van der Waals surface area contributed by atoms with E-state index in [4.69, 9.17) is 9.84 Å². The lowest BCUT2D eigenvalue weighted by atomic mass is 9.98. The number of ether oxygens (including phenoxy) is 1. The Bertz CT molecular complexity index is 1000. The first-order valence-electron chi connectivity index (χ1n) is 11.5. The molecule has 0 heterocycles. The third-order valence-electron chi connectivity index (χ3n) is 6.46. The first kappa shape index (κ1) is 22.8. The van der Waals surface area contributed by atoms with Gasteiger partial charge in [-0.2, -0.15) is 0 Å². The largest absolute Gasteiger partial charge is 0.480 e. The number of rotatable bonds is 9. The Labute approximate surface area is 193 Å². The number of carbonyl (C=O) groups is 3. The van der Waals surface area contributed by atoms with Gasteiger partial charge in [-0.05, 0) is 41.0 Å². The van der Waals surface area contributed by atoms with Crippen LogP contribution in [0.1, 0.15) is 50.2 Å². The molecule has 33 heavy (non-hydrogen) atoms. The number of nitrogens with one attached hydrogen (secondary N) is 1. The molecule has 0 bridgehead atoms. The number of amides is 2. The topological polar surface area (TPSA) is 95.9 Å². The predicted octanol–water partition coefficient (Wildman–Crippen LogP) is 4.02. The molecule has 4 rings (SSSR count). The number of nitrogens with zero attached hydrogens (tertiary/aromatic N) is 1. The van der Waals surface area contributed by atoms with Crippen LogP contribution in [-0.4, -0.2) is 53.2 Å². The summed E-state index contributed by atoms with van der Waals surface area (Å²) in [6, 6.07) is 15.8. The number of carboxylic acids is 1. The van der Waals surface area contributed by atoms with Crippen LogP contribution in [0.3, 0.4) is 0 Å². The lowest BCUT2D eigenvalue weighted by Gasteiger charge is -2.26. The van der Waals surface area contributed by atoms with Gasteiger partial charge in [0.1, 0.15) is 13.2 Å². The third kappa shape index (κ3) is 5.18. The van der Waals surface area contributed by atoms with E-state index in [2.05, 4.69) is 29.6 Å². The molecule has 2 aliphatic carbocycles. The first-order valence-corrected chi connectivity index (χ1v) is 11.5. The summed E-state index contributed by atoms with van der Waals surface area (Å²) in [5.74, 6) is -1.33. The van der Waals surface area contributed by atoms with Crippen molar-refractivity contribution < 1.29 is 24.2 Å². The average Bonchev–Trinajstić information content (AvgIpc) is 3.58. The van der Waals surface area contributed by atoms with Crippen molar-refractivity contribution in [2.45, 2.75) is 51.1 Å². The van der Waals surface area contributed by atoms with Gasteiger partial charge in [0, 0.05) is 24.4 Å². The lowest BCUT2D eigenvalue weighted by Crippen LogP contribution is -2.45. The second-order valence-corrected chi connectivity index (χ2v) is 9.17. The van der Waals surface area contributed by atoms with E-state index >= 15 is 0 Å². The van der Waals surface area contributed by atoms with E-state index in [-0.39, 0.29) is 43.4 Å². The molecule has 2 N–H and O–H groups in total. The minimum absolute atomic E-state index is 0.00383. The molecule has 1 fully saturated rings. The number of aliphatic carboxylic acids is 1. The fourth-order valence-corrected chi connectivity index (χ4v) is 4.50. The molecule has 2 aromatic rings. The average molecular weight is 451 g/mol. The van der Waals surface area contributed by atoms with Crippen LogP contribution in [0, 0.1) is 5.92 Å². The summed E-state index contributed by atoms with van der Waals surface area (Å²) in [5, 5.41) is 12.0. The van der Waals surface area contributed by atoms with E-state index in [1.807, 2.05) is 38.1 Å². The standard InChI is InChI=1S/C26H30N2O5/c1-16(2)23(13-24(29)28(14-25(30)31)17-11-12-17)27-26(32)33-15-22-20-9-5-3-7-18(20)19-8-4-6-10-21(19)22/h3-10,16-17,22-23H,11-15H2,1-2H3,(H,27,32)(H,30,31)/t23-/m0/s1. The molecule has 1 atom stereocenters. The van der Waals surface area contributed by atoms with Crippen molar-refractivity contribution in [2.24, 2.45) is 5.92 Å². The maximum Gasteiger partial charge on any atom is 0.407 e. The monoisotopic (exact) mass is 450 g/mol. The Kier molecular flexibility index (Phi) is 6.67. The van der Waals surface area contributed by atoms with E-state index in [1.165, 1.54) is 4.90 Å². The van der Waals surface area contributed by atoms with E-state index in [1.54, 1.807) is 0 Å². The van der Waals surface area contributed by atoms with Gasteiger partial charge in [-0.25, -0.2) is 4.79 Å². The number of carboxylic acid groups (broad SMARTS) is 1. The van der Waals surface area contributed by atoms with Gasteiger partial charge in [0.15, 0.2) is 0 Å². The zero-order valence-electron chi connectivity index (χ0n) is 19.0. The minimum atomic E-state index is -1.03. The minimum Gasteiger partial charge on any atom is -0.480 e. The number of benzene rings is 2. The molecule has 2 amide bonds. The number of alkyl carbamates (subject to hydrolysis) is 1. The smallest absolute Gasteiger partial charge is 0.407 e. The van der Waals surface area contributed by atoms with Crippen molar-refractivity contribution in [2.75, 3.05) is 13.2 Å². The van der Waals surface area contributed by atoms with Crippen molar-refractivity contribution in [1.29, 1.82) is 0 Å². The van der Waals surface area contributed by atoms with E-state index in [9.17, 15) is 14.4 Å². The van der Waals surface area contributed by atoms with E-state index in [0.29, 0.717) is 0 Å². The molecule has 174 valence electrons. The number of carbonyl (C=O) groups excluding carboxylic acids is 2. The van der Waals surface area contributed by atoms with Crippen LogP contribution in [-0.2, 0) is 14.3 Å². The maximum atomic E-state index is 12.8. The Morgan fingerprint density at radius 1 is 1.03 bits per heavy atom. The Morgan fingerprint density at radius 3 is 2.12 bits per heavy atom. The summed E-state index contributed by atoms with van der Waals surface area (Å²) in [5.41, 5.74) is 4.59. The molecule has 7 nitrogen and oxygen atoms in total. The Balaban J connectivity index is 1.38. The summed E-state index contributed by atoms with van der Waals surface area (Å²) in [7, 11) is 0. The van der Waals surface area contributed by atoms with Crippen molar-refractivity contribution in [3.05, 3.63) is 59.7 Å². The highest BCUT2D eigenvalue weighted by Gasteiger charge is 2.35. The Hall–Kier alpha value is -3.35. The fourth-order valence-electron chi connectivity index (χ4n) is 4.50. The fraction of sp³-hybridized carbons (Fsp3) is 0.423. The lowest BCUT2D eigenvalue weighted by molar-refractivity contribution is -0.145. The van der Waals surface area contributed by atoms with Crippen LogP contribution in [0.4, 0.5) is 4.79 Å². The van der Waals surface area contributed by atoms with Gasteiger partial charge < -0.3 is 20.1 Å². The molecule has 0 unspecified atom stereocenters. The van der Waals surface area contributed by atoms with Crippen LogP contribution < -0.4 is 5.32 Å². The van der Waals surface area contributed by atoms with Crippen molar-refractivity contribution in [3.8, 4) is 11.1 Å². The zero-order valence-corrected chi connectivity index (χ0v) is 19.0. The highest BCUT2D eigenvalue weighted by molar-refractivity contribution is 5.83. The van der Waals surface area contributed by atoms with Crippen molar-refractivity contribution >= 4 is 18.0 Å². The van der Waals surface area contributed by atoms with Crippen LogP contribution >= 0.6 is 0 Å². The molecule has 0 radical (unpaired) electrons. The van der Waals surface area contributed by atoms with Gasteiger partial charge in [-0.1, -0.05) is 62.4 Å². The van der Waals surface area contributed by atoms with Gasteiger partial charge in [-0.15, -0.1) is 0 Å². The number of fused-ring (bicyclic) bond motifs is 3. The third-order valence-corrected chi connectivity index (χ3v) is 6.46. The van der Waals surface area contributed by atoms with Gasteiger partial charge in [0.25, 0.3) is 0 Å². The molecule has 0 aliphatic heterocycles. The summed E-state index contributed by atoms with van der Waals surface area (Å²) < 4.78 is 5.62. The maximum absolute atomic E-state index is 12.8. The Morgan fingerprint density at radius 2 is 1.61 bits per heavy atom. The molecule has 0 aromatic heterocycles. The molecular formula is C26H30N2O5. The number of hydrogen-bond acceptors (Lipinski definition) is 4. The molecule has 1 saturated carbocycles.